The molecule has 0 radical (unpaired) electrons. The van der Waals surface area contributed by atoms with E-state index in [0.717, 1.165) is 23.2 Å². The number of alkyl halides is 2. The van der Waals surface area contributed by atoms with Gasteiger partial charge < -0.3 is 0 Å². The molecule has 1 N–H and O–H groups in total. The van der Waals surface area contributed by atoms with Gasteiger partial charge in [0.15, 0.2) is 10.8 Å². The van der Waals surface area contributed by atoms with E-state index in [2.05, 4.69) is 20.1 Å². The molecule has 0 aliphatic heterocycles. The molecule has 0 amide bonds. The lowest BCUT2D eigenvalue weighted by Crippen LogP contribution is -2.20. The van der Waals surface area contributed by atoms with Crippen LogP contribution in [0.5, 0.6) is 0 Å². The number of rotatable bonds is 4. The summed E-state index contributed by atoms with van der Waals surface area (Å²) < 4.78 is 55.6. The molecular weight excluding hydrogens is 330 g/mol. The van der Waals surface area contributed by atoms with E-state index in [0.29, 0.717) is 18.4 Å². The molecule has 23 heavy (non-hydrogen) atoms. The van der Waals surface area contributed by atoms with E-state index in [1.165, 1.54) is 18.8 Å². The fourth-order valence-electron chi connectivity index (χ4n) is 2.85. The summed E-state index contributed by atoms with van der Waals surface area (Å²) in [6, 6.07) is 0. The number of aromatic nitrogens is 5. The molecule has 0 spiro atoms. The van der Waals surface area contributed by atoms with E-state index in [1.807, 2.05) is 0 Å². The first-order valence-corrected chi connectivity index (χ1v) is 8.55. The van der Waals surface area contributed by atoms with Crippen LogP contribution in [0.3, 0.4) is 0 Å². The van der Waals surface area contributed by atoms with E-state index >= 15 is 0 Å². The molecule has 1 aliphatic rings. The standard InChI is InChI=1S/C12H16F2N6O2S/c1-19-9(10(13)14)11(15-18-19)17-23(21,22)12-7-5-3-4-6-8(7)16-20(12)2/h10,17H,3-6H2,1-2H3. The van der Waals surface area contributed by atoms with Crippen molar-refractivity contribution in [3.8, 4) is 0 Å². The van der Waals surface area contributed by atoms with Gasteiger partial charge in [0, 0.05) is 19.7 Å². The number of nitrogens with one attached hydrogen (secondary N) is 1. The average molecular weight is 346 g/mol. The Balaban J connectivity index is 2.02. The molecule has 2 aromatic heterocycles. The van der Waals surface area contributed by atoms with Gasteiger partial charge in [0.2, 0.25) is 0 Å². The minimum absolute atomic E-state index is 0.00179. The second-order valence-electron chi connectivity index (χ2n) is 5.41. The fourth-order valence-corrected chi connectivity index (χ4v) is 4.27. The van der Waals surface area contributed by atoms with Crippen LogP contribution in [-0.4, -0.2) is 33.2 Å². The highest BCUT2D eigenvalue weighted by Crippen LogP contribution is 2.30. The molecule has 2 heterocycles. The quantitative estimate of drug-likeness (QED) is 0.897. The molecule has 0 bridgehead atoms. The predicted molar refractivity (Wildman–Crippen MR) is 76.6 cm³/mol. The number of aryl methyl sites for hydroxylation is 3. The summed E-state index contributed by atoms with van der Waals surface area (Å²) in [4.78, 5) is 0. The first kappa shape index (κ1) is 15.8. The molecule has 8 nitrogen and oxygen atoms in total. The Morgan fingerprint density at radius 3 is 2.57 bits per heavy atom. The molecule has 0 saturated heterocycles. The summed E-state index contributed by atoms with van der Waals surface area (Å²) in [6.45, 7) is 0. The van der Waals surface area contributed by atoms with Crippen LogP contribution in [0.2, 0.25) is 0 Å². The zero-order chi connectivity index (χ0) is 16.8. The zero-order valence-electron chi connectivity index (χ0n) is 12.6. The lowest BCUT2D eigenvalue weighted by Gasteiger charge is -2.12. The Kier molecular flexibility index (Phi) is 3.82. The molecule has 0 atom stereocenters. The maximum Gasteiger partial charge on any atom is 0.283 e. The molecule has 0 unspecified atom stereocenters. The minimum Gasteiger partial charge on any atom is -0.259 e. The topological polar surface area (TPSA) is 94.7 Å². The third-order valence-corrected chi connectivity index (χ3v) is 5.31. The number of nitrogens with zero attached hydrogens (tertiary/aromatic N) is 5. The van der Waals surface area contributed by atoms with Crippen LogP contribution in [0.15, 0.2) is 5.03 Å². The molecule has 2 aromatic rings. The Bertz CT molecular complexity index is 842. The number of sulfonamides is 1. The van der Waals surface area contributed by atoms with Crippen LogP contribution in [0, 0.1) is 0 Å². The maximum atomic E-state index is 13.0. The summed E-state index contributed by atoms with van der Waals surface area (Å²) in [5, 5.41) is 11.2. The predicted octanol–water partition coefficient (Wildman–Crippen LogP) is 1.17. The minimum atomic E-state index is -4.08. The average Bonchev–Trinajstić information content (AvgIpc) is 2.97. The molecule has 11 heteroatoms. The Morgan fingerprint density at radius 2 is 1.87 bits per heavy atom. The molecule has 126 valence electrons. The van der Waals surface area contributed by atoms with Gasteiger partial charge in [-0.1, -0.05) is 5.21 Å². The Labute approximate surface area is 131 Å². The normalized spacial score (nSPS) is 15.0. The van der Waals surface area contributed by atoms with Gasteiger partial charge >= 0.3 is 0 Å². The molecular formula is C12H16F2N6O2S. The molecule has 1 aliphatic carbocycles. The highest BCUT2D eigenvalue weighted by molar-refractivity contribution is 7.92. The van der Waals surface area contributed by atoms with Gasteiger partial charge in [-0.15, -0.1) is 5.10 Å². The zero-order valence-corrected chi connectivity index (χ0v) is 13.4. The van der Waals surface area contributed by atoms with Crippen molar-refractivity contribution in [3.63, 3.8) is 0 Å². The van der Waals surface area contributed by atoms with Crippen LogP contribution in [0.1, 0.15) is 36.2 Å². The van der Waals surface area contributed by atoms with Crippen LogP contribution in [-0.2, 0) is 37.0 Å². The van der Waals surface area contributed by atoms with E-state index in [4.69, 9.17) is 0 Å². The van der Waals surface area contributed by atoms with Crippen molar-refractivity contribution in [1.29, 1.82) is 0 Å². The Morgan fingerprint density at radius 1 is 1.17 bits per heavy atom. The van der Waals surface area contributed by atoms with Gasteiger partial charge in [0.25, 0.3) is 16.4 Å². The van der Waals surface area contributed by atoms with Gasteiger partial charge in [-0.05, 0) is 25.7 Å². The number of anilines is 1. The van der Waals surface area contributed by atoms with Crippen molar-refractivity contribution >= 4 is 15.8 Å². The van der Waals surface area contributed by atoms with Crippen molar-refractivity contribution in [2.45, 2.75) is 37.1 Å². The number of hydrogen-bond donors (Lipinski definition) is 1. The summed E-state index contributed by atoms with van der Waals surface area (Å²) in [6.07, 6.45) is 0.243. The van der Waals surface area contributed by atoms with Crippen molar-refractivity contribution in [2.75, 3.05) is 4.72 Å². The third-order valence-electron chi connectivity index (χ3n) is 3.82. The van der Waals surface area contributed by atoms with E-state index in [1.54, 1.807) is 0 Å². The summed E-state index contributed by atoms with van der Waals surface area (Å²) in [5.74, 6) is -0.465. The number of halogens is 2. The first-order chi connectivity index (χ1) is 10.8. The van der Waals surface area contributed by atoms with Crippen LogP contribution in [0.4, 0.5) is 14.6 Å². The maximum absolute atomic E-state index is 13.0. The van der Waals surface area contributed by atoms with Gasteiger partial charge in [-0.25, -0.2) is 13.5 Å². The van der Waals surface area contributed by atoms with Gasteiger partial charge in [0.05, 0.1) is 5.69 Å². The summed E-state index contributed by atoms with van der Waals surface area (Å²) in [5.41, 5.74) is 0.811. The number of fused-ring (bicyclic) bond motifs is 1. The smallest absolute Gasteiger partial charge is 0.259 e. The van der Waals surface area contributed by atoms with Crippen molar-refractivity contribution in [1.82, 2.24) is 24.8 Å². The highest BCUT2D eigenvalue weighted by atomic mass is 32.2. The first-order valence-electron chi connectivity index (χ1n) is 7.06. The lowest BCUT2D eigenvalue weighted by atomic mass is 9.99. The van der Waals surface area contributed by atoms with Crippen molar-refractivity contribution in [3.05, 3.63) is 17.0 Å². The number of hydrogen-bond acceptors (Lipinski definition) is 5. The van der Waals surface area contributed by atoms with Crippen LogP contribution < -0.4 is 4.72 Å². The van der Waals surface area contributed by atoms with Gasteiger partial charge in [0.1, 0.15) is 5.69 Å². The molecule has 0 aromatic carbocycles. The largest absolute Gasteiger partial charge is 0.283 e. The SMILES string of the molecule is Cn1nnc(NS(=O)(=O)c2c3c(nn2C)CCCC3)c1C(F)F. The lowest BCUT2D eigenvalue weighted by molar-refractivity contribution is 0.141. The Hall–Kier alpha value is -2.04. The monoisotopic (exact) mass is 346 g/mol. The molecule has 0 fully saturated rings. The van der Waals surface area contributed by atoms with Crippen LogP contribution >= 0.6 is 0 Å². The third kappa shape index (κ3) is 2.69. The highest BCUT2D eigenvalue weighted by Gasteiger charge is 2.31. The van der Waals surface area contributed by atoms with E-state index in [-0.39, 0.29) is 5.03 Å². The van der Waals surface area contributed by atoms with E-state index < -0.39 is 28.0 Å². The van der Waals surface area contributed by atoms with Crippen LogP contribution in [0.25, 0.3) is 0 Å². The second-order valence-corrected chi connectivity index (χ2v) is 7.01. The molecule has 0 saturated carbocycles. The fraction of sp³-hybridized carbons (Fsp3) is 0.583. The van der Waals surface area contributed by atoms with Crippen molar-refractivity contribution in [2.24, 2.45) is 14.1 Å². The summed E-state index contributed by atoms with van der Waals surface area (Å²) in [7, 11) is -1.28. The second kappa shape index (κ2) is 5.55. The molecule has 3 rings (SSSR count). The van der Waals surface area contributed by atoms with Gasteiger partial charge in [-0.3, -0.25) is 9.40 Å². The van der Waals surface area contributed by atoms with E-state index in [9.17, 15) is 17.2 Å². The van der Waals surface area contributed by atoms with Gasteiger partial charge in [-0.2, -0.15) is 13.5 Å². The summed E-state index contributed by atoms with van der Waals surface area (Å²) >= 11 is 0. The van der Waals surface area contributed by atoms with Crippen molar-refractivity contribution < 1.29 is 17.2 Å².